The molecule has 94 valence electrons. The molecule has 0 aromatic heterocycles. The summed E-state index contributed by atoms with van der Waals surface area (Å²) in [6, 6.07) is 0. The van der Waals surface area contributed by atoms with Crippen molar-refractivity contribution in [1.29, 1.82) is 0 Å². The Hall–Kier alpha value is -0.170. The van der Waals surface area contributed by atoms with Crippen LogP contribution in [0.2, 0.25) is 0 Å². The second-order valence-electron chi connectivity index (χ2n) is 4.59. The van der Waals surface area contributed by atoms with Crippen LogP contribution in [0.15, 0.2) is 0 Å². The van der Waals surface area contributed by atoms with Crippen LogP contribution in [-0.2, 0) is 14.8 Å². The predicted octanol–water partition coefficient (Wildman–Crippen LogP) is -0.306. The minimum absolute atomic E-state index is 0.261. The highest BCUT2D eigenvalue weighted by molar-refractivity contribution is 7.90. The van der Waals surface area contributed by atoms with E-state index >= 15 is 0 Å². The molecule has 2 aliphatic heterocycles. The maximum Gasteiger partial charge on any atom is 0.215 e. The smallest absolute Gasteiger partial charge is 0.215 e. The molecule has 0 amide bonds. The Kier molecular flexibility index (Phi) is 4.18. The zero-order valence-corrected chi connectivity index (χ0v) is 10.3. The SMILES string of the molecule is O=S(=O)(NCC1CCOC1)C1CCCNC1. The molecule has 0 aromatic carbocycles. The van der Waals surface area contributed by atoms with Crippen LogP contribution in [0.5, 0.6) is 0 Å². The van der Waals surface area contributed by atoms with Crippen molar-refractivity contribution < 1.29 is 13.2 Å². The van der Waals surface area contributed by atoms with Gasteiger partial charge in [0.2, 0.25) is 10.0 Å². The first-order valence-electron chi connectivity index (χ1n) is 5.95. The predicted molar refractivity (Wildman–Crippen MR) is 61.7 cm³/mol. The first kappa shape index (κ1) is 12.3. The lowest BCUT2D eigenvalue weighted by atomic mass is 10.1. The van der Waals surface area contributed by atoms with Crippen molar-refractivity contribution in [2.45, 2.75) is 24.5 Å². The van der Waals surface area contributed by atoms with E-state index < -0.39 is 10.0 Å². The fourth-order valence-corrected chi connectivity index (χ4v) is 3.70. The molecular weight excluding hydrogens is 228 g/mol. The number of ether oxygens (including phenoxy) is 1. The summed E-state index contributed by atoms with van der Waals surface area (Å²) in [6.45, 7) is 3.49. The molecule has 2 aliphatic rings. The number of piperidine rings is 1. The maximum atomic E-state index is 12.0. The van der Waals surface area contributed by atoms with E-state index in [-0.39, 0.29) is 5.25 Å². The summed E-state index contributed by atoms with van der Waals surface area (Å²) in [5.74, 6) is 0.353. The molecule has 2 heterocycles. The van der Waals surface area contributed by atoms with Gasteiger partial charge in [0, 0.05) is 19.7 Å². The van der Waals surface area contributed by atoms with E-state index in [9.17, 15) is 8.42 Å². The van der Waals surface area contributed by atoms with Gasteiger partial charge in [0.1, 0.15) is 0 Å². The van der Waals surface area contributed by atoms with E-state index in [4.69, 9.17) is 4.74 Å². The third-order valence-corrected chi connectivity index (χ3v) is 5.14. The molecule has 16 heavy (non-hydrogen) atoms. The molecule has 0 spiro atoms. The van der Waals surface area contributed by atoms with Crippen LogP contribution in [0.3, 0.4) is 0 Å². The summed E-state index contributed by atoms with van der Waals surface area (Å²) in [6.07, 6.45) is 2.67. The fraction of sp³-hybridized carbons (Fsp3) is 1.00. The summed E-state index contributed by atoms with van der Waals surface area (Å²) in [5.41, 5.74) is 0. The molecule has 2 N–H and O–H groups in total. The van der Waals surface area contributed by atoms with E-state index in [2.05, 4.69) is 10.0 Å². The largest absolute Gasteiger partial charge is 0.381 e. The van der Waals surface area contributed by atoms with Gasteiger partial charge in [-0.25, -0.2) is 13.1 Å². The second-order valence-corrected chi connectivity index (χ2v) is 6.64. The van der Waals surface area contributed by atoms with E-state index in [0.29, 0.717) is 25.6 Å². The van der Waals surface area contributed by atoms with Crippen LogP contribution in [0.25, 0.3) is 0 Å². The van der Waals surface area contributed by atoms with Crippen molar-refractivity contribution in [1.82, 2.24) is 10.0 Å². The van der Waals surface area contributed by atoms with Crippen LogP contribution in [0.1, 0.15) is 19.3 Å². The van der Waals surface area contributed by atoms with Crippen molar-refractivity contribution in [3.05, 3.63) is 0 Å². The van der Waals surface area contributed by atoms with Gasteiger partial charge >= 0.3 is 0 Å². The molecule has 0 radical (unpaired) electrons. The third-order valence-electron chi connectivity index (χ3n) is 3.29. The van der Waals surface area contributed by atoms with Crippen molar-refractivity contribution in [2.24, 2.45) is 5.92 Å². The molecule has 2 fully saturated rings. The van der Waals surface area contributed by atoms with Gasteiger partial charge in [-0.3, -0.25) is 0 Å². The Labute approximate surface area is 97.0 Å². The first-order chi connectivity index (χ1) is 7.68. The van der Waals surface area contributed by atoms with Crippen LogP contribution >= 0.6 is 0 Å². The molecule has 0 saturated carbocycles. The monoisotopic (exact) mass is 248 g/mol. The molecule has 0 bridgehead atoms. The summed E-state index contributed by atoms with van der Waals surface area (Å²) in [5, 5.41) is 2.86. The van der Waals surface area contributed by atoms with Gasteiger partial charge in [0.25, 0.3) is 0 Å². The van der Waals surface area contributed by atoms with Crippen molar-refractivity contribution in [3.8, 4) is 0 Å². The number of sulfonamides is 1. The van der Waals surface area contributed by atoms with Crippen LogP contribution in [0.4, 0.5) is 0 Å². The lowest BCUT2D eigenvalue weighted by Gasteiger charge is -2.23. The highest BCUT2D eigenvalue weighted by Crippen LogP contribution is 2.14. The minimum Gasteiger partial charge on any atom is -0.381 e. The molecule has 2 rings (SSSR count). The van der Waals surface area contributed by atoms with Gasteiger partial charge in [-0.15, -0.1) is 0 Å². The number of nitrogens with one attached hydrogen (secondary N) is 2. The standard InChI is InChI=1S/C10H20N2O3S/c13-16(14,10-2-1-4-11-7-10)12-6-9-3-5-15-8-9/h9-12H,1-8H2. The van der Waals surface area contributed by atoms with Crippen LogP contribution in [-0.4, -0.2) is 46.5 Å². The Balaban J connectivity index is 1.81. The van der Waals surface area contributed by atoms with Gasteiger partial charge in [-0.1, -0.05) is 0 Å². The molecule has 6 heteroatoms. The zero-order chi connectivity index (χ0) is 11.4. The van der Waals surface area contributed by atoms with Gasteiger partial charge in [-0.2, -0.15) is 0 Å². The van der Waals surface area contributed by atoms with Gasteiger partial charge in [-0.05, 0) is 31.7 Å². The van der Waals surface area contributed by atoms with E-state index in [1.54, 1.807) is 0 Å². The van der Waals surface area contributed by atoms with Crippen LogP contribution in [0, 0.1) is 5.92 Å². The lowest BCUT2D eigenvalue weighted by molar-refractivity contribution is 0.186. The van der Waals surface area contributed by atoms with Gasteiger partial charge in [0.05, 0.1) is 11.9 Å². The third kappa shape index (κ3) is 3.16. The summed E-state index contributed by atoms with van der Waals surface area (Å²) in [4.78, 5) is 0. The normalized spacial score (nSPS) is 31.8. The highest BCUT2D eigenvalue weighted by Gasteiger charge is 2.28. The summed E-state index contributed by atoms with van der Waals surface area (Å²) < 4.78 is 31.8. The summed E-state index contributed by atoms with van der Waals surface area (Å²) in [7, 11) is -3.14. The highest BCUT2D eigenvalue weighted by atomic mass is 32.2. The topological polar surface area (TPSA) is 67.4 Å². The summed E-state index contributed by atoms with van der Waals surface area (Å²) >= 11 is 0. The number of rotatable bonds is 4. The Bertz CT molecular complexity index is 306. The van der Waals surface area contributed by atoms with Gasteiger partial charge in [0.15, 0.2) is 0 Å². The van der Waals surface area contributed by atoms with E-state index in [0.717, 1.165) is 32.4 Å². The maximum absolute atomic E-state index is 12.0. The molecular formula is C10H20N2O3S. The first-order valence-corrected chi connectivity index (χ1v) is 7.50. The average molecular weight is 248 g/mol. The van der Waals surface area contributed by atoms with Crippen molar-refractivity contribution in [2.75, 3.05) is 32.8 Å². The Morgan fingerprint density at radius 2 is 2.25 bits per heavy atom. The average Bonchev–Trinajstić information content (AvgIpc) is 2.81. The van der Waals surface area contributed by atoms with Gasteiger partial charge < -0.3 is 10.1 Å². The second kappa shape index (κ2) is 5.44. The molecule has 2 unspecified atom stereocenters. The zero-order valence-electron chi connectivity index (χ0n) is 9.44. The quantitative estimate of drug-likeness (QED) is 0.716. The van der Waals surface area contributed by atoms with Crippen molar-refractivity contribution in [3.63, 3.8) is 0 Å². The minimum atomic E-state index is -3.14. The van der Waals surface area contributed by atoms with E-state index in [1.807, 2.05) is 0 Å². The Morgan fingerprint density at radius 1 is 1.38 bits per heavy atom. The number of hydrogen-bond acceptors (Lipinski definition) is 4. The van der Waals surface area contributed by atoms with Crippen molar-refractivity contribution >= 4 is 10.0 Å². The molecule has 0 aliphatic carbocycles. The molecule has 2 atom stereocenters. The Morgan fingerprint density at radius 3 is 2.88 bits per heavy atom. The number of hydrogen-bond donors (Lipinski definition) is 2. The van der Waals surface area contributed by atoms with Crippen LogP contribution < -0.4 is 10.0 Å². The van der Waals surface area contributed by atoms with E-state index in [1.165, 1.54) is 0 Å². The fourth-order valence-electron chi connectivity index (χ4n) is 2.18. The lowest BCUT2D eigenvalue weighted by Crippen LogP contribution is -2.45. The molecule has 2 saturated heterocycles. The molecule has 0 aromatic rings. The molecule has 5 nitrogen and oxygen atoms in total.